The SMILES string of the molecule is Cn1cc2ccnc(NC34CC(NC(=O)COc5ccc(Cl)c(F)c5)(C3)C4)c2n1. The van der Waals surface area contributed by atoms with Crippen molar-refractivity contribution in [3.05, 3.63) is 47.5 Å². The van der Waals surface area contributed by atoms with Crippen LogP contribution in [0.3, 0.4) is 0 Å². The van der Waals surface area contributed by atoms with Crippen molar-refractivity contribution in [2.45, 2.75) is 30.3 Å². The Morgan fingerprint density at radius 3 is 2.86 bits per heavy atom. The molecule has 1 aromatic carbocycles. The molecule has 6 rings (SSSR count). The molecule has 3 aliphatic carbocycles. The molecule has 3 aromatic rings. The maximum Gasteiger partial charge on any atom is 0.258 e. The number of halogens is 2. The minimum Gasteiger partial charge on any atom is -0.484 e. The fourth-order valence-electron chi connectivity index (χ4n) is 4.51. The third-order valence-electron chi connectivity index (χ3n) is 5.62. The van der Waals surface area contributed by atoms with Crippen LogP contribution in [0.4, 0.5) is 10.2 Å². The van der Waals surface area contributed by atoms with Gasteiger partial charge in [0.25, 0.3) is 5.91 Å². The van der Waals surface area contributed by atoms with Crippen LogP contribution in [0.5, 0.6) is 5.75 Å². The number of rotatable bonds is 6. The number of hydrogen-bond acceptors (Lipinski definition) is 5. The van der Waals surface area contributed by atoms with E-state index < -0.39 is 5.82 Å². The molecule has 1 amide bonds. The summed E-state index contributed by atoms with van der Waals surface area (Å²) in [5.74, 6) is 0.246. The lowest BCUT2D eigenvalue weighted by atomic mass is 9.44. The number of amides is 1. The van der Waals surface area contributed by atoms with Gasteiger partial charge >= 0.3 is 0 Å². The number of fused-ring (bicyclic) bond motifs is 1. The molecule has 9 heteroatoms. The summed E-state index contributed by atoms with van der Waals surface area (Å²) in [6, 6.07) is 6.03. The Morgan fingerprint density at radius 1 is 1.31 bits per heavy atom. The van der Waals surface area contributed by atoms with E-state index in [-0.39, 0.29) is 34.4 Å². The van der Waals surface area contributed by atoms with E-state index in [2.05, 4.69) is 20.7 Å². The van der Waals surface area contributed by atoms with E-state index in [1.54, 1.807) is 10.9 Å². The third kappa shape index (κ3) is 3.17. The predicted octanol–water partition coefficient (Wildman–Crippen LogP) is 3.04. The number of aromatic nitrogens is 3. The average Bonchev–Trinajstić information content (AvgIpc) is 3.01. The maximum absolute atomic E-state index is 13.4. The number of nitrogens with one attached hydrogen (secondary N) is 2. The summed E-state index contributed by atoms with van der Waals surface area (Å²) in [5, 5.41) is 12.1. The van der Waals surface area contributed by atoms with E-state index in [1.807, 2.05) is 19.3 Å². The molecule has 0 atom stereocenters. The van der Waals surface area contributed by atoms with Crippen LogP contribution in [0.25, 0.3) is 10.9 Å². The van der Waals surface area contributed by atoms with E-state index in [0.717, 1.165) is 36.0 Å². The fourth-order valence-corrected chi connectivity index (χ4v) is 4.63. The van der Waals surface area contributed by atoms with E-state index in [1.165, 1.54) is 18.2 Å². The zero-order valence-electron chi connectivity index (χ0n) is 15.7. The fraction of sp³-hybridized carbons (Fsp3) is 0.350. The summed E-state index contributed by atoms with van der Waals surface area (Å²) in [5.41, 5.74) is 0.601. The van der Waals surface area contributed by atoms with Crippen molar-refractivity contribution >= 4 is 34.2 Å². The second-order valence-corrected chi connectivity index (χ2v) is 8.44. The van der Waals surface area contributed by atoms with Gasteiger partial charge in [-0.3, -0.25) is 9.48 Å². The summed E-state index contributed by atoms with van der Waals surface area (Å²) in [7, 11) is 1.88. The molecule has 2 aromatic heterocycles. The van der Waals surface area contributed by atoms with E-state index in [9.17, 15) is 9.18 Å². The molecule has 0 unspecified atom stereocenters. The summed E-state index contributed by atoms with van der Waals surface area (Å²) >= 11 is 5.64. The van der Waals surface area contributed by atoms with Crippen LogP contribution in [-0.4, -0.2) is 38.4 Å². The number of nitrogens with zero attached hydrogens (tertiary/aromatic N) is 3. The summed E-state index contributed by atoms with van der Waals surface area (Å²) < 4.78 is 20.6. The zero-order chi connectivity index (χ0) is 20.2. The van der Waals surface area contributed by atoms with Gasteiger partial charge in [-0.05, 0) is 37.5 Å². The van der Waals surface area contributed by atoms with Crippen molar-refractivity contribution in [1.82, 2.24) is 20.1 Å². The van der Waals surface area contributed by atoms with Crippen LogP contribution in [0.2, 0.25) is 5.02 Å². The van der Waals surface area contributed by atoms with Gasteiger partial charge in [0.05, 0.1) is 5.02 Å². The van der Waals surface area contributed by atoms with Crippen molar-refractivity contribution < 1.29 is 13.9 Å². The molecule has 0 spiro atoms. The highest BCUT2D eigenvalue weighted by Gasteiger charge is 2.69. The summed E-state index contributed by atoms with van der Waals surface area (Å²) in [6.07, 6.45) is 6.20. The number of hydrogen-bond donors (Lipinski definition) is 2. The minimum atomic E-state index is -0.575. The van der Waals surface area contributed by atoms with Crippen molar-refractivity contribution in [3.63, 3.8) is 0 Å². The molecule has 0 radical (unpaired) electrons. The number of carbonyl (C=O) groups is 1. The highest BCUT2D eigenvalue weighted by Crippen LogP contribution is 2.61. The summed E-state index contributed by atoms with van der Waals surface area (Å²) in [6.45, 7) is -0.169. The molecular formula is C20H19ClFN5O2. The monoisotopic (exact) mass is 415 g/mol. The van der Waals surface area contributed by atoms with Crippen LogP contribution in [0, 0.1) is 5.82 Å². The molecule has 3 fully saturated rings. The van der Waals surface area contributed by atoms with Crippen LogP contribution in [0.1, 0.15) is 19.3 Å². The first-order valence-corrected chi connectivity index (χ1v) is 9.69. The van der Waals surface area contributed by atoms with Gasteiger partial charge in [-0.25, -0.2) is 9.37 Å². The number of benzene rings is 1. The second-order valence-electron chi connectivity index (χ2n) is 8.03. The van der Waals surface area contributed by atoms with Crippen LogP contribution >= 0.6 is 11.6 Å². The Morgan fingerprint density at radius 2 is 2.10 bits per heavy atom. The van der Waals surface area contributed by atoms with E-state index in [0.29, 0.717) is 0 Å². The van der Waals surface area contributed by atoms with Gasteiger partial charge in [0.15, 0.2) is 12.4 Å². The Hall–Kier alpha value is -2.87. The molecule has 0 saturated heterocycles. The van der Waals surface area contributed by atoms with Crippen molar-refractivity contribution in [2.24, 2.45) is 7.05 Å². The molecule has 2 bridgehead atoms. The highest BCUT2D eigenvalue weighted by molar-refractivity contribution is 6.30. The van der Waals surface area contributed by atoms with Gasteiger partial charge < -0.3 is 15.4 Å². The Kier molecular flexibility index (Phi) is 3.96. The normalized spacial score (nSPS) is 24.5. The lowest BCUT2D eigenvalue weighted by Gasteiger charge is -2.70. The van der Waals surface area contributed by atoms with Crippen molar-refractivity contribution in [1.29, 1.82) is 0 Å². The standard InChI is InChI=1S/C20H19ClFN5O2/c1-27-7-12-4-5-23-18(17(12)26-27)25-20-9-19(10-20,11-20)24-16(28)8-29-13-2-3-14(21)15(22)6-13/h2-7H,8-11H2,1H3,(H,23,25)(H,24,28). The topological polar surface area (TPSA) is 81.1 Å². The predicted molar refractivity (Wildman–Crippen MR) is 106 cm³/mol. The van der Waals surface area contributed by atoms with E-state index >= 15 is 0 Å². The van der Waals surface area contributed by atoms with Crippen LogP contribution < -0.4 is 15.4 Å². The number of carbonyl (C=O) groups excluding carboxylic acids is 1. The van der Waals surface area contributed by atoms with Gasteiger partial charge in [-0.2, -0.15) is 5.10 Å². The number of anilines is 1. The molecule has 3 aliphatic rings. The molecule has 0 aliphatic heterocycles. The molecule has 2 N–H and O–H groups in total. The molecule has 150 valence electrons. The Bertz CT molecular complexity index is 1110. The number of pyridine rings is 1. The molecule has 2 heterocycles. The van der Waals surface area contributed by atoms with Gasteiger partial charge in [-0.1, -0.05) is 11.6 Å². The lowest BCUT2D eigenvalue weighted by Crippen LogP contribution is -2.81. The first kappa shape index (κ1) is 18.2. The minimum absolute atomic E-state index is 0.0179. The quantitative estimate of drug-likeness (QED) is 0.646. The third-order valence-corrected chi connectivity index (χ3v) is 5.93. The second kappa shape index (κ2) is 6.32. The Labute approximate surface area is 171 Å². The molecule has 3 saturated carbocycles. The smallest absolute Gasteiger partial charge is 0.258 e. The van der Waals surface area contributed by atoms with Crippen molar-refractivity contribution in [2.75, 3.05) is 11.9 Å². The largest absolute Gasteiger partial charge is 0.484 e. The lowest BCUT2D eigenvalue weighted by molar-refractivity contribution is -0.135. The molecule has 29 heavy (non-hydrogen) atoms. The summed E-state index contributed by atoms with van der Waals surface area (Å²) in [4.78, 5) is 16.7. The van der Waals surface area contributed by atoms with Gasteiger partial charge in [0.1, 0.15) is 17.1 Å². The highest BCUT2D eigenvalue weighted by atomic mass is 35.5. The first-order chi connectivity index (χ1) is 13.9. The maximum atomic E-state index is 13.4. The molecular weight excluding hydrogens is 397 g/mol. The van der Waals surface area contributed by atoms with Crippen LogP contribution in [0.15, 0.2) is 36.7 Å². The Balaban J connectivity index is 1.16. The number of aryl methyl sites for hydroxylation is 1. The van der Waals surface area contributed by atoms with E-state index in [4.69, 9.17) is 16.3 Å². The van der Waals surface area contributed by atoms with Crippen molar-refractivity contribution in [3.8, 4) is 5.75 Å². The van der Waals surface area contributed by atoms with Gasteiger partial charge in [0, 0.05) is 42.0 Å². The zero-order valence-corrected chi connectivity index (χ0v) is 16.5. The van der Waals surface area contributed by atoms with Gasteiger partial charge in [-0.15, -0.1) is 0 Å². The number of ether oxygens (including phenoxy) is 1. The van der Waals surface area contributed by atoms with Gasteiger partial charge in [0.2, 0.25) is 0 Å². The first-order valence-electron chi connectivity index (χ1n) is 9.31. The average molecular weight is 416 g/mol. The van der Waals surface area contributed by atoms with Crippen LogP contribution in [-0.2, 0) is 11.8 Å². The molecule has 7 nitrogen and oxygen atoms in total.